The minimum Gasteiger partial charge on any atom is -0.465 e. The highest BCUT2D eigenvalue weighted by Crippen LogP contribution is 2.29. The fourth-order valence-corrected chi connectivity index (χ4v) is 6.73. The molecule has 13 nitrogen and oxygen atoms in total. The van der Waals surface area contributed by atoms with Gasteiger partial charge in [-0.25, -0.2) is 9.78 Å². The number of amides is 4. The number of carbonyl (C=O) groups is 4. The number of piperidine rings is 1. The van der Waals surface area contributed by atoms with E-state index in [4.69, 9.17) is 9.47 Å². The van der Waals surface area contributed by atoms with Crippen molar-refractivity contribution in [1.82, 2.24) is 25.4 Å². The quantitative estimate of drug-likeness (QED) is 0.247. The van der Waals surface area contributed by atoms with Crippen LogP contribution in [0.4, 0.5) is 4.79 Å². The average molecular weight is 674 g/mol. The summed E-state index contributed by atoms with van der Waals surface area (Å²) in [5.74, 6) is -1.37. The maximum Gasteiger partial charge on any atom is 0.409 e. The van der Waals surface area contributed by atoms with Crippen LogP contribution < -0.4 is 10.6 Å². The second-order valence-electron chi connectivity index (χ2n) is 13.2. The van der Waals surface area contributed by atoms with Crippen LogP contribution in [-0.4, -0.2) is 106 Å². The van der Waals surface area contributed by atoms with Crippen molar-refractivity contribution >= 4 is 35.2 Å². The van der Waals surface area contributed by atoms with Crippen LogP contribution in [0.25, 0.3) is 10.4 Å². The number of aromatic nitrogens is 1. The van der Waals surface area contributed by atoms with E-state index in [1.807, 2.05) is 64.4 Å². The summed E-state index contributed by atoms with van der Waals surface area (Å²) in [4.78, 5) is 59.6. The number of carboxylic acid groups (broad SMARTS) is 1. The minimum atomic E-state index is -1.03. The molecular formula is C33H47N5O8S. The summed E-state index contributed by atoms with van der Waals surface area (Å²) in [7, 11) is 0. The van der Waals surface area contributed by atoms with Gasteiger partial charge in [-0.3, -0.25) is 19.3 Å². The van der Waals surface area contributed by atoms with Crippen molar-refractivity contribution in [3.8, 4) is 10.4 Å². The van der Waals surface area contributed by atoms with Crippen molar-refractivity contribution in [2.75, 3.05) is 32.9 Å². The van der Waals surface area contributed by atoms with Crippen LogP contribution in [0, 0.1) is 12.3 Å². The number of aliphatic hydroxyl groups is 1. The number of β-amino-alcohol motifs (C(OH)–C–C–N with tert-alkyl or cyclic N) is 1. The number of likely N-dealkylation sites (tertiary alicyclic amines) is 2. The van der Waals surface area contributed by atoms with E-state index in [-0.39, 0.29) is 44.7 Å². The Balaban J connectivity index is 1.31. The van der Waals surface area contributed by atoms with E-state index in [0.717, 1.165) is 34.5 Å². The van der Waals surface area contributed by atoms with Crippen molar-refractivity contribution in [1.29, 1.82) is 0 Å². The van der Waals surface area contributed by atoms with E-state index >= 15 is 0 Å². The Morgan fingerprint density at radius 1 is 1.09 bits per heavy atom. The van der Waals surface area contributed by atoms with Crippen LogP contribution in [-0.2, 0) is 23.9 Å². The first-order valence-electron chi connectivity index (χ1n) is 16.0. The number of ether oxygens (including phenoxy) is 2. The zero-order chi connectivity index (χ0) is 34.3. The van der Waals surface area contributed by atoms with Gasteiger partial charge in [-0.05, 0) is 49.7 Å². The summed E-state index contributed by atoms with van der Waals surface area (Å²) in [5.41, 5.74) is 3.99. The van der Waals surface area contributed by atoms with E-state index in [1.165, 1.54) is 9.80 Å². The maximum absolute atomic E-state index is 13.9. The number of aliphatic hydroxyl groups excluding tert-OH is 1. The van der Waals surface area contributed by atoms with Gasteiger partial charge in [-0.1, -0.05) is 45.0 Å². The largest absolute Gasteiger partial charge is 0.465 e. The number of carbonyl (C=O) groups excluding carboxylic acids is 3. The molecule has 0 saturated carbocycles. The Morgan fingerprint density at radius 3 is 2.45 bits per heavy atom. The van der Waals surface area contributed by atoms with Gasteiger partial charge in [0.2, 0.25) is 17.7 Å². The lowest BCUT2D eigenvalue weighted by molar-refractivity contribution is -0.145. The van der Waals surface area contributed by atoms with Gasteiger partial charge in [0.1, 0.15) is 24.9 Å². The summed E-state index contributed by atoms with van der Waals surface area (Å²) < 4.78 is 11.1. The van der Waals surface area contributed by atoms with Crippen molar-refractivity contribution in [3.05, 3.63) is 41.0 Å². The zero-order valence-corrected chi connectivity index (χ0v) is 28.5. The normalized spacial score (nSPS) is 21.3. The topological polar surface area (TPSA) is 171 Å². The van der Waals surface area contributed by atoms with Crippen molar-refractivity contribution in [2.24, 2.45) is 5.41 Å². The molecule has 0 spiro atoms. The number of rotatable bonds is 12. The highest BCUT2D eigenvalue weighted by Gasteiger charge is 2.44. The molecule has 4 amide bonds. The van der Waals surface area contributed by atoms with Crippen LogP contribution in [0.3, 0.4) is 0 Å². The molecular weight excluding hydrogens is 626 g/mol. The van der Waals surface area contributed by atoms with E-state index in [9.17, 15) is 29.4 Å². The van der Waals surface area contributed by atoms with Crippen LogP contribution in [0.5, 0.6) is 0 Å². The molecule has 0 aliphatic carbocycles. The lowest BCUT2D eigenvalue weighted by atomic mass is 9.85. The highest BCUT2D eigenvalue weighted by atomic mass is 32.1. The number of hydrogen-bond donors (Lipinski definition) is 4. The molecule has 3 heterocycles. The van der Waals surface area contributed by atoms with Crippen molar-refractivity contribution in [2.45, 2.75) is 90.8 Å². The highest BCUT2D eigenvalue weighted by molar-refractivity contribution is 7.13. The predicted molar refractivity (Wildman–Crippen MR) is 175 cm³/mol. The molecule has 5 atom stereocenters. The number of benzene rings is 1. The summed E-state index contributed by atoms with van der Waals surface area (Å²) >= 11 is 1.57. The monoisotopic (exact) mass is 673 g/mol. The fourth-order valence-electron chi connectivity index (χ4n) is 5.92. The van der Waals surface area contributed by atoms with E-state index in [2.05, 4.69) is 15.6 Å². The standard InChI is InChI=1S/C33H47N5O8S/c1-20(22-9-11-23(12-10-22)28-21(2)34-19-47-28)35-30(41)25-16-24(39)17-38(25)31(42)29(33(3,4)5)36-26(40)18-45-14-15-46-27-8-6-7-13-37(27)32(43)44/h9-12,19-20,24-25,27,29,39H,6-8,13-18H2,1-5H3,(H,35,41)(H,36,40)(H,43,44)/t20-,24+,25-,27?,29+/m0/s1. The Labute approximate surface area is 279 Å². The first kappa shape index (κ1) is 36.2. The van der Waals surface area contributed by atoms with Gasteiger partial charge in [0.05, 0.1) is 41.4 Å². The molecule has 4 N–H and O–H groups in total. The van der Waals surface area contributed by atoms with Crippen LogP contribution >= 0.6 is 11.3 Å². The molecule has 0 bridgehead atoms. The van der Waals surface area contributed by atoms with Crippen molar-refractivity contribution in [3.63, 3.8) is 0 Å². The summed E-state index contributed by atoms with van der Waals surface area (Å²) in [6.07, 6.45) is -0.0927. The second kappa shape index (κ2) is 16.0. The van der Waals surface area contributed by atoms with Gasteiger partial charge in [-0.15, -0.1) is 11.3 Å². The Hall–Kier alpha value is -3.59. The molecule has 47 heavy (non-hydrogen) atoms. The number of nitrogens with zero attached hydrogens (tertiary/aromatic N) is 3. The number of aryl methyl sites for hydroxylation is 1. The summed E-state index contributed by atoms with van der Waals surface area (Å²) in [5, 5.41) is 25.6. The van der Waals surface area contributed by atoms with Gasteiger partial charge in [0, 0.05) is 19.5 Å². The van der Waals surface area contributed by atoms with Crippen LogP contribution in [0.2, 0.25) is 0 Å². The van der Waals surface area contributed by atoms with E-state index in [1.54, 1.807) is 11.3 Å². The molecule has 2 saturated heterocycles. The first-order valence-corrected chi connectivity index (χ1v) is 16.9. The predicted octanol–water partition coefficient (Wildman–Crippen LogP) is 3.31. The Bertz CT molecular complexity index is 1390. The minimum absolute atomic E-state index is 0.0288. The number of thiazole rings is 1. The summed E-state index contributed by atoms with van der Waals surface area (Å²) in [6, 6.07) is 5.65. The lowest BCUT2D eigenvalue weighted by Crippen LogP contribution is -2.58. The molecule has 4 rings (SSSR count). The molecule has 14 heteroatoms. The second-order valence-corrected chi connectivity index (χ2v) is 14.1. The third-order valence-electron chi connectivity index (χ3n) is 8.52. The zero-order valence-electron chi connectivity index (χ0n) is 27.7. The van der Waals surface area contributed by atoms with Gasteiger partial charge >= 0.3 is 6.09 Å². The molecule has 2 aliphatic heterocycles. The average Bonchev–Trinajstić information content (AvgIpc) is 3.64. The maximum atomic E-state index is 13.9. The summed E-state index contributed by atoms with van der Waals surface area (Å²) in [6.45, 7) is 9.49. The molecule has 0 radical (unpaired) electrons. The molecule has 2 fully saturated rings. The van der Waals surface area contributed by atoms with Crippen LogP contribution in [0.15, 0.2) is 29.8 Å². The Morgan fingerprint density at radius 2 is 1.81 bits per heavy atom. The molecule has 1 aromatic carbocycles. The molecule has 1 unspecified atom stereocenters. The van der Waals surface area contributed by atoms with Crippen LogP contribution in [0.1, 0.15) is 70.7 Å². The number of nitrogens with one attached hydrogen (secondary N) is 2. The van der Waals surface area contributed by atoms with E-state index in [0.29, 0.717) is 13.0 Å². The van der Waals surface area contributed by atoms with Crippen molar-refractivity contribution < 1.29 is 38.9 Å². The van der Waals surface area contributed by atoms with E-state index < -0.39 is 47.7 Å². The number of hydrogen-bond acceptors (Lipinski definition) is 9. The Kier molecular flexibility index (Phi) is 12.3. The van der Waals surface area contributed by atoms with Gasteiger partial charge in [0.25, 0.3) is 0 Å². The fraction of sp³-hybridized carbons (Fsp3) is 0.606. The van der Waals surface area contributed by atoms with Gasteiger partial charge in [0.15, 0.2) is 0 Å². The SMILES string of the molecule is Cc1ncsc1-c1ccc([C@H](C)NC(=O)[C@@H]2C[C@@H](O)CN2C(=O)[C@@H](NC(=O)COCCOC2CCCCN2C(=O)O)C(C)(C)C)cc1. The third kappa shape index (κ3) is 9.49. The molecule has 2 aliphatic rings. The third-order valence-corrected chi connectivity index (χ3v) is 9.50. The van der Waals surface area contributed by atoms with Gasteiger partial charge < -0.3 is 35.2 Å². The molecule has 1 aromatic heterocycles. The molecule has 258 valence electrons. The lowest BCUT2D eigenvalue weighted by Gasteiger charge is -2.35. The first-order chi connectivity index (χ1) is 22.3. The smallest absolute Gasteiger partial charge is 0.409 e. The van der Waals surface area contributed by atoms with Gasteiger partial charge in [-0.2, -0.15) is 0 Å². The molecule has 2 aromatic rings.